The molecule has 0 saturated carbocycles. The monoisotopic (exact) mass is 228 g/mol. The van der Waals surface area contributed by atoms with Gasteiger partial charge in [-0.1, -0.05) is 0 Å². The number of hydrogen-bond donors (Lipinski definition) is 2. The van der Waals surface area contributed by atoms with Crippen molar-refractivity contribution >= 4 is 33.8 Å². The molecule has 0 aliphatic rings. The smallest absolute Gasteiger partial charge is 0.247 e. The number of rotatable bonds is 2. The molecule has 1 heterocycles. The van der Waals surface area contributed by atoms with E-state index in [2.05, 4.69) is 0 Å². The van der Waals surface area contributed by atoms with Crippen LogP contribution in [0.5, 0.6) is 0 Å². The highest BCUT2D eigenvalue weighted by molar-refractivity contribution is 7.91. The number of hydrogen-bond acceptors (Lipinski definition) is 4. The third-order valence-corrected chi connectivity index (χ3v) is 3.66. The average molecular weight is 229 g/mol. The largest absolute Gasteiger partial charge is 0.326 e. The molecule has 1 rings (SSSR count). The standard InChI is InChI=1S/C5H8N2O2S2.ClH/c6-3-4-1-2-5(10-4)11(7,8)9;/h1-2H,3,6H2,(H2,7,8,9);1H. The van der Waals surface area contributed by atoms with Crippen LogP contribution in [-0.4, -0.2) is 8.42 Å². The molecule has 1 aromatic rings. The van der Waals surface area contributed by atoms with Gasteiger partial charge >= 0.3 is 0 Å². The van der Waals surface area contributed by atoms with Gasteiger partial charge in [-0.3, -0.25) is 0 Å². The summed E-state index contributed by atoms with van der Waals surface area (Å²) in [5.41, 5.74) is 5.28. The molecule has 0 spiro atoms. The van der Waals surface area contributed by atoms with Crippen molar-refractivity contribution < 1.29 is 8.42 Å². The highest BCUT2D eigenvalue weighted by Gasteiger charge is 2.09. The van der Waals surface area contributed by atoms with E-state index in [1.54, 1.807) is 6.07 Å². The van der Waals surface area contributed by atoms with Crippen LogP contribution in [0.25, 0.3) is 0 Å². The summed E-state index contributed by atoms with van der Waals surface area (Å²) in [6.07, 6.45) is 0. The van der Waals surface area contributed by atoms with E-state index in [4.69, 9.17) is 10.9 Å². The first-order valence-corrected chi connectivity index (χ1v) is 5.22. The Hall–Kier alpha value is -0.140. The van der Waals surface area contributed by atoms with Crippen molar-refractivity contribution in [3.8, 4) is 0 Å². The Labute approximate surface area is 81.0 Å². The minimum Gasteiger partial charge on any atom is -0.326 e. The van der Waals surface area contributed by atoms with Gasteiger partial charge in [0.05, 0.1) is 0 Å². The van der Waals surface area contributed by atoms with Crippen LogP contribution in [0.4, 0.5) is 0 Å². The molecule has 1 aromatic heterocycles. The lowest BCUT2D eigenvalue weighted by atomic mass is 10.5. The van der Waals surface area contributed by atoms with Gasteiger partial charge < -0.3 is 5.73 Å². The van der Waals surface area contributed by atoms with Crippen molar-refractivity contribution in [1.82, 2.24) is 0 Å². The van der Waals surface area contributed by atoms with Crippen LogP contribution >= 0.6 is 23.7 Å². The highest BCUT2D eigenvalue weighted by atomic mass is 35.5. The first-order valence-electron chi connectivity index (χ1n) is 2.85. The molecule has 70 valence electrons. The van der Waals surface area contributed by atoms with Crippen molar-refractivity contribution in [2.75, 3.05) is 0 Å². The Morgan fingerprint density at radius 1 is 1.42 bits per heavy atom. The van der Waals surface area contributed by atoms with Crippen molar-refractivity contribution in [3.63, 3.8) is 0 Å². The maximum Gasteiger partial charge on any atom is 0.247 e. The first-order chi connectivity index (χ1) is 5.04. The first kappa shape index (κ1) is 11.9. The third kappa shape index (κ3) is 2.72. The van der Waals surface area contributed by atoms with Gasteiger partial charge in [0.25, 0.3) is 0 Å². The molecule has 0 atom stereocenters. The molecule has 0 aromatic carbocycles. The predicted molar refractivity (Wildman–Crippen MR) is 50.8 cm³/mol. The lowest BCUT2D eigenvalue weighted by Gasteiger charge is -1.88. The lowest BCUT2D eigenvalue weighted by molar-refractivity contribution is 0.600. The van der Waals surface area contributed by atoms with E-state index in [-0.39, 0.29) is 16.6 Å². The van der Waals surface area contributed by atoms with Gasteiger partial charge in [0.2, 0.25) is 10.0 Å². The van der Waals surface area contributed by atoms with Gasteiger partial charge in [0.15, 0.2) is 0 Å². The number of halogens is 1. The summed E-state index contributed by atoms with van der Waals surface area (Å²) >= 11 is 1.10. The van der Waals surface area contributed by atoms with E-state index in [1.165, 1.54) is 6.07 Å². The zero-order chi connectivity index (χ0) is 8.48. The van der Waals surface area contributed by atoms with Crippen LogP contribution in [0.15, 0.2) is 16.3 Å². The molecule has 7 heteroatoms. The van der Waals surface area contributed by atoms with Crippen molar-refractivity contribution in [2.45, 2.75) is 10.8 Å². The molecule has 0 amide bonds. The average Bonchev–Trinajstić information content (AvgIpc) is 2.32. The zero-order valence-electron chi connectivity index (χ0n) is 6.06. The number of thiophene rings is 1. The van der Waals surface area contributed by atoms with Crippen LogP contribution in [0, 0.1) is 0 Å². The number of sulfonamides is 1. The maximum atomic E-state index is 10.7. The van der Waals surface area contributed by atoms with E-state index >= 15 is 0 Å². The summed E-state index contributed by atoms with van der Waals surface area (Å²) in [5, 5.41) is 4.87. The highest BCUT2D eigenvalue weighted by Crippen LogP contribution is 2.19. The summed E-state index contributed by atoms with van der Waals surface area (Å²) in [4.78, 5) is 0.814. The Kier molecular flexibility index (Phi) is 4.15. The van der Waals surface area contributed by atoms with Gasteiger partial charge in [-0.25, -0.2) is 13.6 Å². The molecule has 0 saturated heterocycles. The van der Waals surface area contributed by atoms with Crippen molar-refractivity contribution in [2.24, 2.45) is 10.9 Å². The van der Waals surface area contributed by atoms with Gasteiger partial charge in [0, 0.05) is 11.4 Å². The molecular formula is C5H9ClN2O2S2. The van der Waals surface area contributed by atoms with Crippen LogP contribution in [0.3, 0.4) is 0 Å². The van der Waals surface area contributed by atoms with Gasteiger partial charge in [-0.2, -0.15) is 0 Å². The van der Waals surface area contributed by atoms with E-state index in [9.17, 15) is 8.42 Å². The quantitative estimate of drug-likeness (QED) is 0.762. The zero-order valence-corrected chi connectivity index (χ0v) is 8.51. The van der Waals surface area contributed by atoms with E-state index in [0.717, 1.165) is 16.2 Å². The maximum absolute atomic E-state index is 10.7. The fraction of sp³-hybridized carbons (Fsp3) is 0.200. The van der Waals surface area contributed by atoms with E-state index in [0.29, 0.717) is 6.54 Å². The summed E-state index contributed by atoms with van der Waals surface area (Å²) in [6.45, 7) is 0.347. The minimum absolute atomic E-state index is 0. The molecule has 0 radical (unpaired) electrons. The molecule has 4 nitrogen and oxygen atoms in total. The van der Waals surface area contributed by atoms with Crippen molar-refractivity contribution in [1.29, 1.82) is 0 Å². The van der Waals surface area contributed by atoms with Gasteiger partial charge in [-0.15, -0.1) is 23.7 Å². The Balaban J connectivity index is 0.00000121. The fourth-order valence-corrected chi connectivity index (χ4v) is 2.28. The van der Waals surface area contributed by atoms with E-state index in [1.807, 2.05) is 0 Å². The van der Waals surface area contributed by atoms with Gasteiger partial charge in [0.1, 0.15) is 4.21 Å². The molecule has 0 fully saturated rings. The number of nitrogens with two attached hydrogens (primary N) is 2. The third-order valence-electron chi connectivity index (χ3n) is 1.12. The Bertz CT molecular complexity index is 346. The van der Waals surface area contributed by atoms with Gasteiger partial charge in [-0.05, 0) is 12.1 Å². The van der Waals surface area contributed by atoms with E-state index < -0.39 is 10.0 Å². The topological polar surface area (TPSA) is 86.2 Å². The summed E-state index contributed by atoms with van der Waals surface area (Å²) in [5.74, 6) is 0. The summed E-state index contributed by atoms with van der Waals surface area (Å²) in [6, 6.07) is 3.12. The Morgan fingerprint density at radius 3 is 2.25 bits per heavy atom. The lowest BCUT2D eigenvalue weighted by Crippen LogP contribution is -2.09. The second kappa shape index (κ2) is 4.20. The second-order valence-corrected chi connectivity index (χ2v) is 4.93. The summed E-state index contributed by atoms with van der Waals surface area (Å²) < 4.78 is 21.6. The number of primary sulfonamides is 1. The molecule has 4 N–H and O–H groups in total. The molecular weight excluding hydrogens is 220 g/mol. The summed E-state index contributed by atoms with van der Waals surface area (Å²) in [7, 11) is -3.53. The van der Waals surface area contributed by atoms with Crippen LogP contribution < -0.4 is 10.9 Å². The van der Waals surface area contributed by atoms with Crippen LogP contribution in [-0.2, 0) is 16.6 Å². The molecule has 0 bridgehead atoms. The fourth-order valence-electron chi connectivity index (χ4n) is 0.621. The molecule has 0 unspecified atom stereocenters. The van der Waals surface area contributed by atoms with Crippen LogP contribution in [0.1, 0.15) is 4.88 Å². The second-order valence-electron chi connectivity index (χ2n) is 1.97. The Morgan fingerprint density at radius 2 is 2.00 bits per heavy atom. The molecule has 0 aliphatic heterocycles. The molecule has 12 heavy (non-hydrogen) atoms. The minimum atomic E-state index is -3.53. The normalized spacial score (nSPS) is 10.8. The molecule has 0 aliphatic carbocycles. The van der Waals surface area contributed by atoms with Crippen LogP contribution in [0.2, 0.25) is 0 Å². The van der Waals surface area contributed by atoms with Crippen molar-refractivity contribution in [3.05, 3.63) is 17.0 Å². The SMILES string of the molecule is Cl.NCc1ccc(S(N)(=O)=O)s1. The predicted octanol–water partition coefficient (Wildman–Crippen LogP) is 0.276.